The summed E-state index contributed by atoms with van der Waals surface area (Å²) in [6, 6.07) is 12.0. The van der Waals surface area contributed by atoms with E-state index in [9.17, 15) is 21.6 Å². The molecule has 1 heterocycles. The largest absolute Gasteiger partial charge is 0.484 e. The topological polar surface area (TPSA) is 87.2 Å². The average molecular weight is 435 g/mol. The maximum absolute atomic E-state index is 12.3. The molecule has 0 aliphatic carbocycles. The second-order valence-electron chi connectivity index (χ2n) is 6.28. The summed E-state index contributed by atoms with van der Waals surface area (Å²) in [5, 5.41) is 9.30. The van der Waals surface area contributed by atoms with Gasteiger partial charge in [-0.1, -0.05) is 17.9 Å². The summed E-state index contributed by atoms with van der Waals surface area (Å²) in [7, 11) is -2.14. The van der Waals surface area contributed by atoms with Crippen LogP contribution in [-0.2, 0) is 17.1 Å². The molecule has 0 amide bonds. The fraction of sp³-hybridized carbons (Fsp3) is 0.150. The van der Waals surface area contributed by atoms with Gasteiger partial charge in [-0.05, 0) is 42.5 Å². The fourth-order valence-corrected chi connectivity index (χ4v) is 3.20. The van der Waals surface area contributed by atoms with Crippen molar-refractivity contribution >= 4 is 10.0 Å². The number of ether oxygens (including phenoxy) is 1. The number of primary sulfonamides is 1. The predicted molar refractivity (Wildman–Crippen MR) is 104 cm³/mol. The molecule has 0 saturated heterocycles. The molecule has 6 nitrogen and oxygen atoms in total. The van der Waals surface area contributed by atoms with Crippen molar-refractivity contribution in [3.8, 4) is 28.8 Å². The van der Waals surface area contributed by atoms with Gasteiger partial charge in [0.05, 0.1) is 22.3 Å². The third kappa shape index (κ3) is 5.40. The molecule has 0 atom stereocenters. The number of benzene rings is 2. The Labute approximate surface area is 171 Å². The molecule has 0 saturated carbocycles. The molecule has 0 aliphatic rings. The number of aryl methyl sites for hydroxylation is 1. The Balaban J connectivity index is 1.88. The standard InChI is InChI=1S/C20H16F3N3O3S/c1-26-19(15-7-9-17(10-8-15)29-13-20(21,22)23)16(12-25-26)6-5-14-3-2-4-18(11-14)30(24,27)28/h2-4,7-12H,13H2,1H3,(H2,24,27,28). The normalized spacial score (nSPS) is 11.6. The average Bonchev–Trinajstić information content (AvgIpc) is 3.04. The summed E-state index contributed by atoms with van der Waals surface area (Å²) in [5.74, 6) is 5.90. The molecule has 0 spiro atoms. The number of aromatic nitrogens is 2. The molecule has 3 aromatic rings. The Hall–Kier alpha value is -3.29. The lowest BCUT2D eigenvalue weighted by Gasteiger charge is -2.10. The lowest BCUT2D eigenvalue weighted by atomic mass is 10.1. The second-order valence-corrected chi connectivity index (χ2v) is 7.84. The maximum Gasteiger partial charge on any atom is 0.422 e. The van der Waals surface area contributed by atoms with Crippen molar-refractivity contribution in [1.82, 2.24) is 9.78 Å². The third-order valence-corrected chi connectivity index (χ3v) is 4.88. The second kappa shape index (κ2) is 8.22. The van der Waals surface area contributed by atoms with Crippen LogP contribution in [0.3, 0.4) is 0 Å². The van der Waals surface area contributed by atoms with E-state index in [2.05, 4.69) is 16.9 Å². The first-order valence-electron chi connectivity index (χ1n) is 8.50. The van der Waals surface area contributed by atoms with Gasteiger partial charge in [0.15, 0.2) is 6.61 Å². The molecule has 0 fully saturated rings. The van der Waals surface area contributed by atoms with E-state index in [1.165, 1.54) is 30.3 Å². The number of halogens is 3. The van der Waals surface area contributed by atoms with Crippen LogP contribution in [-0.4, -0.2) is 31.0 Å². The van der Waals surface area contributed by atoms with Crippen molar-refractivity contribution in [2.45, 2.75) is 11.1 Å². The molecule has 0 radical (unpaired) electrons. The van der Waals surface area contributed by atoms with Gasteiger partial charge >= 0.3 is 6.18 Å². The molecule has 2 N–H and O–H groups in total. The number of nitrogens with zero attached hydrogens (tertiary/aromatic N) is 2. The van der Waals surface area contributed by atoms with Crippen molar-refractivity contribution in [2.24, 2.45) is 12.2 Å². The first-order chi connectivity index (χ1) is 14.0. The van der Waals surface area contributed by atoms with Crippen LogP contribution in [0.4, 0.5) is 13.2 Å². The monoisotopic (exact) mass is 435 g/mol. The van der Waals surface area contributed by atoms with E-state index in [4.69, 9.17) is 9.88 Å². The summed E-state index contributed by atoms with van der Waals surface area (Å²) in [6.07, 6.45) is -2.87. The molecule has 30 heavy (non-hydrogen) atoms. The van der Waals surface area contributed by atoms with Gasteiger partial charge in [-0.25, -0.2) is 13.6 Å². The highest BCUT2D eigenvalue weighted by molar-refractivity contribution is 7.89. The molecule has 3 rings (SSSR count). The number of hydrogen-bond donors (Lipinski definition) is 1. The molecule has 1 aromatic heterocycles. The molecule has 0 unspecified atom stereocenters. The van der Waals surface area contributed by atoms with Gasteiger partial charge in [-0.15, -0.1) is 0 Å². The highest BCUT2D eigenvalue weighted by atomic mass is 32.2. The summed E-state index contributed by atoms with van der Waals surface area (Å²) in [4.78, 5) is -0.0462. The van der Waals surface area contributed by atoms with Gasteiger partial charge < -0.3 is 4.74 Å². The Morgan fingerprint density at radius 3 is 2.47 bits per heavy atom. The van der Waals surface area contributed by atoms with E-state index < -0.39 is 22.8 Å². The van der Waals surface area contributed by atoms with Crippen LogP contribution in [0.2, 0.25) is 0 Å². The maximum atomic E-state index is 12.3. The molecular formula is C20H16F3N3O3S. The van der Waals surface area contributed by atoms with Crippen LogP contribution in [0.25, 0.3) is 11.3 Å². The van der Waals surface area contributed by atoms with E-state index in [1.54, 1.807) is 36.1 Å². The van der Waals surface area contributed by atoms with Gasteiger partial charge in [0.2, 0.25) is 10.0 Å². The first-order valence-corrected chi connectivity index (χ1v) is 10.0. The van der Waals surface area contributed by atoms with Crippen molar-refractivity contribution < 1.29 is 26.3 Å². The van der Waals surface area contributed by atoms with Crippen molar-refractivity contribution in [2.75, 3.05) is 6.61 Å². The highest BCUT2D eigenvalue weighted by Crippen LogP contribution is 2.26. The molecule has 0 aliphatic heterocycles. The molecule has 10 heteroatoms. The van der Waals surface area contributed by atoms with Crippen LogP contribution in [0.5, 0.6) is 5.75 Å². The Morgan fingerprint density at radius 1 is 1.13 bits per heavy atom. The number of rotatable bonds is 4. The van der Waals surface area contributed by atoms with Gasteiger partial charge in [0, 0.05) is 18.2 Å². The van der Waals surface area contributed by atoms with Crippen LogP contribution in [0.1, 0.15) is 11.1 Å². The zero-order valence-corrected chi connectivity index (χ0v) is 16.5. The first kappa shape index (κ1) is 21.4. The summed E-state index contributed by atoms with van der Waals surface area (Å²) in [6.45, 7) is -1.37. The summed E-state index contributed by atoms with van der Waals surface area (Å²) in [5.41, 5.74) is 2.33. The summed E-state index contributed by atoms with van der Waals surface area (Å²) >= 11 is 0. The van der Waals surface area contributed by atoms with Crippen LogP contribution in [0.15, 0.2) is 59.6 Å². The fourth-order valence-electron chi connectivity index (χ4n) is 2.64. The lowest BCUT2D eigenvalue weighted by molar-refractivity contribution is -0.153. The molecular weight excluding hydrogens is 419 g/mol. The van der Waals surface area contributed by atoms with E-state index in [0.717, 1.165) is 0 Å². The van der Waals surface area contributed by atoms with Gasteiger partial charge in [0.1, 0.15) is 5.75 Å². The summed E-state index contributed by atoms with van der Waals surface area (Å²) < 4.78 is 66.1. The quantitative estimate of drug-likeness (QED) is 0.638. The van der Waals surface area contributed by atoms with E-state index in [1.807, 2.05) is 0 Å². The lowest BCUT2D eigenvalue weighted by Crippen LogP contribution is -2.19. The Kier molecular flexibility index (Phi) is 5.87. The van der Waals surface area contributed by atoms with Gasteiger partial charge in [-0.3, -0.25) is 4.68 Å². The SMILES string of the molecule is Cn1ncc(C#Cc2cccc(S(N)(=O)=O)c2)c1-c1ccc(OCC(F)(F)F)cc1. The van der Waals surface area contributed by atoms with Crippen LogP contribution < -0.4 is 9.88 Å². The smallest absolute Gasteiger partial charge is 0.422 e. The van der Waals surface area contributed by atoms with E-state index in [0.29, 0.717) is 22.4 Å². The third-order valence-electron chi connectivity index (χ3n) is 3.97. The zero-order valence-electron chi connectivity index (χ0n) is 15.6. The van der Waals surface area contributed by atoms with Crippen LogP contribution >= 0.6 is 0 Å². The van der Waals surface area contributed by atoms with Crippen molar-refractivity contribution in [3.63, 3.8) is 0 Å². The molecule has 2 aromatic carbocycles. The van der Waals surface area contributed by atoms with E-state index >= 15 is 0 Å². The number of nitrogens with two attached hydrogens (primary N) is 1. The van der Waals surface area contributed by atoms with E-state index in [-0.39, 0.29) is 10.6 Å². The minimum absolute atomic E-state index is 0.0462. The van der Waals surface area contributed by atoms with Crippen LogP contribution in [0, 0.1) is 11.8 Å². The highest BCUT2D eigenvalue weighted by Gasteiger charge is 2.28. The molecule has 156 valence electrons. The van der Waals surface area contributed by atoms with Gasteiger partial charge in [-0.2, -0.15) is 18.3 Å². The minimum Gasteiger partial charge on any atom is -0.484 e. The van der Waals surface area contributed by atoms with Crippen molar-refractivity contribution in [1.29, 1.82) is 0 Å². The van der Waals surface area contributed by atoms with Crippen molar-refractivity contribution in [3.05, 3.63) is 65.9 Å². The molecule has 0 bridgehead atoms. The zero-order chi connectivity index (χ0) is 21.9. The minimum atomic E-state index is -4.41. The number of sulfonamides is 1. The Morgan fingerprint density at radius 2 is 1.83 bits per heavy atom. The number of hydrogen-bond acceptors (Lipinski definition) is 4. The number of alkyl halides is 3. The predicted octanol–water partition coefficient (Wildman–Crippen LogP) is 3.08. The Bertz CT molecular complexity index is 1220. The van der Waals surface area contributed by atoms with Gasteiger partial charge in [0.25, 0.3) is 0 Å².